The molecule has 1 atom stereocenters. The van der Waals surface area contributed by atoms with Gasteiger partial charge in [-0.2, -0.15) is 0 Å². The van der Waals surface area contributed by atoms with Crippen molar-refractivity contribution in [2.75, 3.05) is 7.05 Å². The summed E-state index contributed by atoms with van der Waals surface area (Å²) in [6.07, 6.45) is 5.86. The van der Waals surface area contributed by atoms with Crippen LogP contribution in [-0.2, 0) is 0 Å². The summed E-state index contributed by atoms with van der Waals surface area (Å²) in [5.41, 5.74) is 4.02. The van der Waals surface area contributed by atoms with Crippen molar-refractivity contribution in [2.24, 2.45) is 0 Å². The SMILES string of the molecule is CNC(c1ccc(C2CCC2)cc1)c1ccoc1C. The second kappa shape index (κ2) is 5.22. The number of rotatable bonds is 4. The van der Waals surface area contributed by atoms with Crippen molar-refractivity contribution in [1.29, 1.82) is 0 Å². The molecule has 1 aliphatic rings. The van der Waals surface area contributed by atoms with Gasteiger partial charge in [-0.3, -0.25) is 0 Å². The largest absolute Gasteiger partial charge is 0.469 e. The zero-order valence-corrected chi connectivity index (χ0v) is 11.6. The first-order valence-corrected chi connectivity index (χ1v) is 7.10. The fourth-order valence-corrected chi connectivity index (χ4v) is 2.90. The molecule has 0 saturated heterocycles. The molecule has 2 aromatic rings. The van der Waals surface area contributed by atoms with E-state index < -0.39 is 0 Å². The maximum atomic E-state index is 5.42. The highest BCUT2D eigenvalue weighted by atomic mass is 16.3. The summed E-state index contributed by atoms with van der Waals surface area (Å²) in [5, 5.41) is 3.38. The molecule has 1 aromatic carbocycles. The van der Waals surface area contributed by atoms with Crippen molar-refractivity contribution in [3.63, 3.8) is 0 Å². The van der Waals surface area contributed by atoms with Gasteiger partial charge in [-0.25, -0.2) is 0 Å². The quantitative estimate of drug-likeness (QED) is 0.887. The summed E-state index contributed by atoms with van der Waals surface area (Å²) >= 11 is 0. The molecule has 19 heavy (non-hydrogen) atoms. The first kappa shape index (κ1) is 12.5. The molecule has 1 unspecified atom stereocenters. The smallest absolute Gasteiger partial charge is 0.105 e. The molecule has 0 amide bonds. The highest BCUT2D eigenvalue weighted by molar-refractivity contribution is 5.35. The molecule has 2 nitrogen and oxygen atoms in total. The van der Waals surface area contributed by atoms with Crippen LogP contribution in [0.4, 0.5) is 0 Å². The van der Waals surface area contributed by atoms with Crippen molar-refractivity contribution in [2.45, 2.75) is 38.1 Å². The van der Waals surface area contributed by atoms with E-state index in [4.69, 9.17) is 4.42 Å². The molecule has 0 spiro atoms. The maximum Gasteiger partial charge on any atom is 0.105 e. The van der Waals surface area contributed by atoms with E-state index >= 15 is 0 Å². The lowest BCUT2D eigenvalue weighted by Gasteiger charge is -2.26. The van der Waals surface area contributed by atoms with Gasteiger partial charge in [-0.15, -0.1) is 0 Å². The van der Waals surface area contributed by atoms with E-state index in [0.29, 0.717) is 0 Å². The Bertz CT molecular complexity index is 537. The van der Waals surface area contributed by atoms with Crippen molar-refractivity contribution < 1.29 is 4.42 Å². The maximum absolute atomic E-state index is 5.42. The van der Waals surface area contributed by atoms with Crippen molar-refractivity contribution in [1.82, 2.24) is 5.32 Å². The molecule has 0 aliphatic heterocycles. The minimum absolute atomic E-state index is 0.217. The predicted molar refractivity (Wildman–Crippen MR) is 77.4 cm³/mol. The van der Waals surface area contributed by atoms with E-state index in [1.807, 2.05) is 14.0 Å². The van der Waals surface area contributed by atoms with Crippen molar-refractivity contribution in [3.05, 3.63) is 59.0 Å². The van der Waals surface area contributed by atoms with Gasteiger partial charge in [0.25, 0.3) is 0 Å². The van der Waals surface area contributed by atoms with Crippen LogP contribution in [0.15, 0.2) is 41.0 Å². The fourth-order valence-electron chi connectivity index (χ4n) is 2.90. The van der Waals surface area contributed by atoms with Crippen LogP contribution in [0.5, 0.6) is 0 Å². The lowest BCUT2D eigenvalue weighted by molar-refractivity contribution is 0.419. The van der Waals surface area contributed by atoms with Crippen LogP contribution in [0.2, 0.25) is 0 Å². The topological polar surface area (TPSA) is 25.2 Å². The molecular formula is C17H21NO. The third-order valence-electron chi connectivity index (χ3n) is 4.35. The molecule has 2 heteroatoms. The lowest BCUT2D eigenvalue weighted by Crippen LogP contribution is -2.18. The molecule has 3 rings (SSSR count). The Hall–Kier alpha value is -1.54. The van der Waals surface area contributed by atoms with Gasteiger partial charge >= 0.3 is 0 Å². The molecule has 0 radical (unpaired) electrons. The van der Waals surface area contributed by atoms with Gasteiger partial charge in [0.1, 0.15) is 5.76 Å². The molecule has 1 N–H and O–H groups in total. The van der Waals surface area contributed by atoms with Gasteiger partial charge in [-0.05, 0) is 49.9 Å². The Morgan fingerprint density at radius 2 is 1.89 bits per heavy atom. The Labute approximate surface area is 114 Å². The summed E-state index contributed by atoms with van der Waals surface area (Å²) in [6.45, 7) is 2.02. The molecule has 1 aliphatic carbocycles. The number of benzene rings is 1. The first-order chi connectivity index (χ1) is 9.29. The molecular weight excluding hydrogens is 234 g/mol. The minimum Gasteiger partial charge on any atom is -0.469 e. The Balaban J connectivity index is 1.85. The van der Waals surface area contributed by atoms with Gasteiger partial charge in [0.15, 0.2) is 0 Å². The molecule has 100 valence electrons. The molecule has 0 bridgehead atoms. The van der Waals surface area contributed by atoms with E-state index in [1.165, 1.54) is 36.0 Å². The predicted octanol–water partition coefficient (Wildman–Crippen LogP) is 4.16. The van der Waals surface area contributed by atoms with Gasteiger partial charge in [-0.1, -0.05) is 30.7 Å². The van der Waals surface area contributed by atoms with Crippen LogP contribution in [0.3, 0.4) is 0 Å². The third-order valence-corrected chi connectivity index (χ3v) is 4.35. The third kappa shape index (κ3) is 2.33. The Kier molecular flexibility index (Phi) is 3.43. The highest BCUT2D eigenvalue weighted by Gasteiger charge is 2.20. The second-order valence-electron chi connectivity index (χ2n) is 5.45. The average molecular weight is 255 g/mol. The average Bonchev–Trinajstić information content (AvgIpc) is 2.77. The normalized spacial score (nSPS) is 17.2. The molecule has 1 aromatic heterocycles. The van der Waals surface area contributed by atoms with Crippen LogP contribution in [0.1, 0.15) is 53.7 Å². The highest BCUT2D eigenvalue weighted by Crippen LogP contribution is 2.37. The number of hydrogen-bond donors (Lipinski definition) is 1. The zero-order chi connectivity index (χ0) is 13.2. The molecule has 1 saturated carbocycles. The number of hydrogen-bond acceptors (Lipinski definition) is 2. The standard InChI is InChI=1S/C17H21NO/c1-12-16(10-11-19-12)17(18-2)15-8-6-14(7-9-15)13-4-3-5-13/h6-11,13,17-18H,3-5H2,1-2H3. The van der Waals surface area contributed by atoms with Crippen LogP contribution < -0.4 is 5.32 Å². The van der Waals surface area contributed by atoms with Crippen LogP contribution in [-0.4, -0.2) is 7.05 Å². The summed E-state index contributed by atoms with van der Waals surface area (Å²) in [6, 6.07) is 11.4. The van der Waals surface area contributed by atoms with E-state index in [9.17, 15) is 0 Å². The fraction of sp³-hybridized carbons (Fsp3) is 0.412. The van der Waals surface area contributed by atoms with Gasteiger partial charge in [0.05, 0.1) is 12.3 Å². The van der Waals surface area contributed by atoms with Gasteiger partial charge < -0.3 is 9.73 Å². The number of nitrogens with one attached hydrogen (secondary N) is 1. The molecule has 1 heterocycles. The lowest BCUT2D eigenvalue weighted by atomic mass is 9.79. The van der Waals surface area contributed by atoms with E-state index in [1.54, 1.807) is 6.26 Å². The summed E-state index contributed by atoms with van der Waals surface area (Å²) in [4.78, 5) is 0. The summed E-state index contributed by atoms with van der Waals surface area (Å²) in [7, 11) is 2.00. The van der Waals surface area contributed by atoms with E-state index in [-0.39, 0.29) is 6.04 Å². The minimum atomic E-state index is 0.217. The summed E-state index contributed by atoms with van der Waals surface area (Å²) in [5.74, 6) is 1.79. The first-order valence-electron chi connectivity index (χ1n) is 7.10. The van der Waals surface area contributed by atoms with Crippen molar-refractivity contribution in [3.8, 4) is 0 Å². The number of furan rings is 1. The van der Waals surface area contributed by atoms with Gasteiger partial charge in [0.2, 0.25) is 0 Å². The Morgan fingerprint density at radius 1 is 1.16 bits per heavy atom. The van der Waals surface area contributed by atoms with Crippen LogP contribution in [0.25, 0.3) is 0 Å². The van der Waals surface area contributed by atoms with Crippen LogP contribution in [0, 0.1) is 6.92 Å². The molecule has 1 fully saturated rings. The summed E-state index contributed by atoms with van der Waals surface area (Å²) < 4.78 is 5.42. The second-order valence-corrected chi connectivity index (χ2v) is 5.45. The number of aryl methyl sites for hydroxylation is 1. The van der Waals surface area contributed by atoms with Gasteiger partial charge in [0, 0.05) is 5.56 Å². The van der Waals surface area contributed by atoms with Crippen molar-refractivity contribution >= 4 is 0 Å². The van der Waals surface area contributed by atoms with Crippen LogP contribution >= 0.6 is 0 Å². The van der Waals surface area contributed by atoms with E-state index in [2.05, 4.69) is 35.6 Å². The Morgan fingerprint density at radius 3 is 2.37 bits per heavy atom. The zero-order valence-electron chi connectivity index (χ0n) is 11.6. The monoisotopic (exact) mass is 255 g/mol. The van der Waals surface area contributed by atoms with E-state index in [0.717, 1.165) is 11.7 Å².